The SMILES string of the molecule is Cl.N[C@H](c1cc2ccccc2c2ccccc12)C(F)(F)CO. The van der Waals surface area contributed by atoms with Gasteiger partial charge in [0.05, 0.1) is 6.04 Å². The molecule has 0 saturated heterocycles. The zero-order valence-corrected chi connectivity index (χ0v) is 12.5. The molecule has 3 N–H and O–H groups in total. The van der Waals surface area contributed by atoms with Crippen molar-refractivity contribution >= 4 is 34.0 Å². The Hall–Kier alpha value is -1.75. The Bertz CT molecular complexity index is 807. The lowest BCUT2D eigenvalue weighted by Crippen LogP contribution is -2.36. The number of aliphatic hydroxyl groups is 1. The van der Waals surface area contributed by atoms with E-state index in [-0.39, 0.29) is 12.4 Å². The lowest BCUT2D eigenvalue weighted by Gasteiger charge is -2.23. The van der Waals surface area contributed by atoms with E-state index in [1.54, 1.807) is 18.2 Å². The predicted octanol–water partition coefficient (Wildman–Crippen LogP) is 4.04. The van der Waals surface area contributed by atoms with Crippen LogP contribution in [0.4, 0.5) is 8.78 Å². The minimum absolute atomic E-state index is 0. The molecule has 0 radical (unpaired) electrons. The molecule has 2 nitrogen and oxygen atoms in total. The average molecular weight is 324 g/mol. The molecule has 5 heteroatoms. The Balaban J connectivity index is 0.00000176. The molecule has 0 heterocycles. The molecular weight excluding hydrogens is 308 g/mol. The summed E-state index contributed by atoms with van der Waals surface area (Å²) in [7, 11) is 0. The molecule has 3 rings (SSSR count). The van der Waals surface area contributed by atoms with Crippen LogP contribution in [0.1, 0.15) is 11.6 Å². The smallest absolute Gasteiger partial charge is 0.289 e. The average Bonchev–Trinajstić information content (AvgIpc) is 2.53. The first-order chi connectivity index (χ1) is 10.0. The molecule has 0 unspecified atom stereocenters. The summed E-state index contributed by atoms with van der Waals surface area (Å²) < 4.78 is 27.6. The summed E-state index contributed by atoms with van der Waals surface area (Å²) in [4.78, 5) is 0. The number of alkyl halides is 2. The van der Waals surface area contributed by atoms with Gasteiger partial charge in [0.15, 0.2) is 0 Å². The van der Waals surface area contributed by atoms with Crippen molar-refractivity contribution in [2.75, 3.05) is 6.61 Å². The number of hydrogen-bond donors (Lipinski definition) is 2. The van der Waals surface area contributed by atoms with E-state index in [9.17, 15) is 8.78 Å². The van der Waals surface area contributed by atoms with E-state index in [2.05, 4.69) is 0 Å². The van der Waals surface area contributed by atoms with Crippen LogP contribution in [0.25, 0.3) is 21.5 Å². The van der Waals surface area contributed by atoms with Gasteiger partial charge in [0.2, 0.25) is 0 Å². The van der Waals surface area contributed by atoms with Crippen LogP contribution in [0.2, 0.25) is 0 Å². The topological polar surface area (TPSA) is 46.2 Å². The van der Waals surface area contributed by atoms with Crippen molar-refractivity contribution in [1.82, 2.24) is 0 Å². The highest BCUT2D eigenvalue weighted by molar-refractivity contribution is 6.09. The number of fused-ring (bicyclic) bond motifs is 3. The molecule has 1 atom stereocenters. The van der Waals surface area contributed by atoms with Crippen LogP contribution in [0.15, 0.2) is 54.6 Å². The summed E-state index contributed by atoms with van der Waals surface area (Å²) in [5, 5.41) is 12.3. The van der Waals surface area contributed by atoms with E-state index >= 15 is 0 Å². The molecule has 22 heavy (non-hydrogen) atoms. The van der Waals surface area contributed by atoms with Gasteiger partial charge >= 0.3 is 0 Å². The fourth-order valence-electron chi connectivity index (χ4n) is 2.67. The minimum atomic E-state index is -3.36. The molecule has 0 aliphatic heterocycles. The first-order valence-electron chi connectivity index (χ1n) is 6.69. The van der Waals surface area contributed by atoms with Gasteiger partial charge in [0.25, 0.3) is 5.92 Å². The Labute approximate surface area is 133 Å². The van der Waals surface area contributed by atoms with Gasteiger partial charge in [-0.1, -0.05) is 48.5 Å². The number of hydrogen-bond acceptors (Lipinski definition) is 2. The molecule has 3 aromatic rings. The Morgan fingerprint density at radius 3 is 2.14 bits per heavy atom. The third-order valence-electron chi connectivity index (χ3n) is 3.80. The standard InChI is InChI=1S/C17H15F2NO.ClH/c18-17(19,10-21)16(20)15-9-11-5-1-2-6-12(11)13-7-3-4-8-14(13)15;/h1-9,16,21H,10,20H2;1H/t16-;/m1./s1. The number of benzene rings is 3. The number of aliphatic hydroxyl groups excluding tert-OH is 1. The molecule has 0 bridgehead atoms. The lowest BCUT2D eigenvalue weighted by molar-refractivity contribution is -0.0708. The quantitative estimate of drug-likeness (QED) is 0.714. The van der Waals surface area contributed by atoms with Crippen LogP contribution in [0, 0.1) is 0 Å². The molecule has 0 spiro atoms. The van der Waals surface area contributed by atoms with Crippen LogP contribution < -0.4 is 5.73 Å². The summed E-state index contributed by atoms with van der Waals surface area (Å²) in [6.07, 6.45) is 0. The lowest BCUT2D eigenvalue weighted by atomic mass is 9.91. The zero-order valence-electron chi connectivity index (χ0n) is 11.7. The molecule has 0 aliphatic rings. The van der Waals surface area contributed by atoms with Gasteiger partial charge in [-0.05, 0) is 33.2 Å². The second-order valence-corrected chi connectivity index (χ2v) is 5.13. The van der Waals surface area contributed by atoms with Crippen molar-refractivity contribution in [1.29, 1.82) is 0 Å². The van der Waals surface area contributed by atoms with Crippen LogP contribution in [-0.4, -0.2) is 17.6 Å². The molecule has 0 saturated carbocycles. The maximum Gasteiger partial charge on any atom is 0.289 e. The van der Waals surface area contributed by atoms with Gasteiger partial charge in [-0.2, -0.15) is 0 Å². The summed E-state index contributed by atoms with van der Waals surface area (Å²) in [6, 6.07) is 15.1. The zero-order chi connectivity index (χ0) is 15.0. The predicted molar refractivity (Wildman–Crippen MR) is 87.7 cm³/mol. The van der Waals surface area contributed by atoms with Crippen molar-refractivity contribution < 1.29 is 13.9 Å². The fraction of sp³-hybridized carbons (Fsp3) is 0.176. The normalized spacial score (nSPS) is 13.1. The maximum absolute atomic E-state index is 13.8. The third kappa shape index (κ3) is 2.65. The second kappa shape index (κ2) is 6.16. The highest BCUT2D eigenvalue weighted by Crippen LogP contribution is 2.36. The number of halogens is 3. The number of rotatable bonds is 3. The van der Waals surface area contributed by atoms with Crippen LogP contribution in [0.3, 0.4) is 0 Å². The van der Waals surface area contributed by atoms with Crippen molar-refractivity contribution in [3.63, 3.8) is 0 Å². The molecular formula is C17H16ClF2NO. The summed E-state index contributed by atoms with van der Waals surface area (Å²) in [6.45, 7) is -1.27. The number of nitrogens with two attached hydrogens (primary N) is 1. The largest absolute Gasteiger partial charge is 0.390 e. The monoisotopic (exact) mass is 323 g/mol. The maximum atomic E-state index is 13.8. The first-order valence-corrected chi connectivity index (χ1v) is 6.69. The van der Waals surface area contributed by atoms with E-state index in [0.717, 1.165) is 16.2 Å². The van der Waals surface area contributed by atoms with E-state index in [4.69, 9.17) is 10.8 Å². The minimum Gasteiger partial charge on any atom is -0.390 e. The van der Waals surface area contributed by atoms with Crippen molar-refractivity contribution in [3.05, 3.63) is 60.2 Å². The van der Waals surface area contributed by atoms with Crippen LogP contribution in [-0.2, 0) is 0 Å². The van der Waals surface area contributed by atoms with Crippen molar-refractivity contribution in [3.8, 4) is 0 Å². The Morgan fingerprint density at radius 2 is 1.50 bits per heavy atom. The molecule has 0 aliphatic carbocycles. The highest BCUT2D eigenvalue weighted by Gasteiger charge is 2.38. The van der Waals surface area contributed by atoms with E-state index in [1.807, 2.05) is 36.4 Å². The van der Waals surface area contributed by atoms with Gasteiger partial charge in [-0.3, -0.25) is 0 Å². The molecule has 0 amide bonds. The first kappa shape index (κ1) is 16.6. The fourth-order valence-corrected chi connectivity index (χ4v) is 2.67. The van der Waals surface area contributed by atoms with E-state index < -0.39 is 18.6 Å². The third-order valence-corrected chi connectivity index (χ3v) is 3.80. The van der Waals surface area contributed by atoms with Crippen LogP contribution >= 0.6 is 12.4 Å². The Kier molecular flexibility index (Phi) is 4.66. The summed E-state index contributed by atoms with van der Waals surface area (Å²) >= 11 is 0. The van der Waals surface area contributed by atoms with Gasteiger partial charge in [-0.15, -0.1) is 12.4 Å². The van der Waals surface area contributed by atoms with Gasteiger partial charge < -0.3 is 10.8 Å². The summed E-state index contributed by atoms with van der Waals surface area (Å²) in [5.41, 5.74) is 6.08. The highest BCUT2D eigenvalue weighted by atomic mass is 35.5. The van der Waals surface area contributed by atoms with Crippen molar-refractivity contribution in [2.45, 2.75) is 12.0 Å². The van der Waals surface area contributed by atoms with Crippen LogP contribution in [0.5, 0.6) is 0 Å². The van der Waals surface area contributed by atoms with Crippen molar-refractivity contribution in [2.24, 2.45) is 5.73 Å². The van der Waals surface area contributed by atoms with E-state index in [0.29, 0.717) is 10.9 Å². The Morgan fingerprint density at radius 1 is 0.955 bits per heavy atom. The molecule has 0 aromatic heterocycles. The van der Waals surface area contributed by atoms with E-state index in [1.165, 1.54) is 0 Å². The summed E-state index contributed by atoms with van der Waals surface area (Å²) in [5.74, 6) is -3.36. The van der Waals surface area contributed by atoms with Gasteiger partial charge in [0, 0.05) is 0 Å². The molecule has 3 aromatic carbocycles. The molecule has 116 valence electrons. The molecule has 0 fully saturated rings. The van der Waals surface area contributed by atoms with Gasteiger partial charge in [0.1, 0.15) is 6.61 Å². The second-order valence-electron chi connectivity index (χ2n) is 5.13. The van der Waals surface area contributed by atoms with Gasteiger partial charge in [-0.25, -0.2) is 8.78 Å².